The topological polar surface area (TPSA) is 58.9 Å². The highest BCUT2D eigenvalue weighted by Crippen LogP contribution is 2.16. The number of hydroxylamine groups is 4. The molecule has 0 bridgehead atoms. The average Bonchev–Trinajstić information content (AvgIpc) is 2.43. The van der Waals surface area contributed by atoms with Crippen LogP contribution in [0.5, 0.6) is 0 Å². The van der Waals surface area contributed by atoms with Crippen molar-refractivity contribution in [3.63, 3.8) is 0 Å². The number of quaternary nitrogens is 1. The highest BCUT2D eigenvalue weighted by atomic mass is 79.9. The minimum absolute atomic E-state index is 0. The SMILES string of the molecule is CCCC[N+](CCCC)(OCCCO)OCCCO.[Br-]. The zero-order valence-electron chi connectivity index (χ0n) is 13.0. The molecule has 0 fully saturated rings. The number of aliphatic hydroxyl groups excluding tert-OH is 2. The van der Waals surface area contributed by atoms with Crippen LogP contribution in [-0.4, -0.2) is 54.5 Å². The standard InChI is InChI=1S/C14H32NO4.BrH/c1-3-5-9-15(10-6-4-2,18-13-7-11-16)19-14-8-12-17;/h16-17H,3-14H2,1-2H3;1H/q+1;/p-1. The van der Waals surface area contributed by atoms with Gasteiger partial charge >= 0.3 is 0 Å². The van der Waals surface area contributed by atoms with E-state index in [0.717, 1.165) is 38.8 Å². The molecular formula is C14H32BrNO4. The van der Waals surface area contributed by atoms with Gasteiger partial charge in [0.05, 0.1) is 0 Å². The van der Waals surface area contributed by atoms with Gasteiger partial charge in [-0.1, -0.05) is 26.7 Å². The smallest absolute Gasteiger partial charge is 0.142 e. The van der Waals surface area contributed by atoms with E-state index >= 15 is 0 Å². The van der Waals surface area contributed by atoms with E-state index < -0.39 is 0 Å². The van der Waals surface area contributed by atoms with Crippen molar-refractivity contribution < 1.29 is 41.7 Å². The molecule has 0 saturated heterocycles. The Morgan fingerprint density at radius 3 is 1.45 bits per heavy atom. The van der Waals surface area contributed by atoms with Gasteiger partial charge < -0.3 is 27.2 Å². The number of nitrogens with zero attached hydrogens (tertiary/aromatic N) is 1. The molecule has 0 aliphatic carbocycles. The zero-order chi connectivity index (χ0) is 14.4. The van der Waals surface area contributed by atoms with Crippen LogP contribution in [0.25, 0.3) is 0 Å². The third-order valence-corrected chi connectivity index (χ3v) is 2.96. The first-order valence-corrected chi connectivity index (χ1v) is 7.62. The van der Waals surface area contributed by atoms with Gasteiger partial charge in [-0.25, -0.2) is 0 Å². The molecule has 124 valence electrons. The molecule has 0 aromatic rings. The first-order chi connectivity index (χ1) is 9.24. The Kier molecular flexibility index (Phi) is 17.7. The maximum Gasteiger partial charge on any atom is 0.142 e. The summed E-state index contributed by atoms with van der Waals surface area (Å²) < 4.78 is 0. The molecule has 0 rings (SSSR count). The summed E-state index contributed by atoms with van der Waals surface area (Å²) in [6, 6.07) is 0. The summed E-state index contributed by atoms with van der Waals surface area (Å²) in [4.78, 5) is 12.0. The molecule has 0 saturated carbocycles. The van der Waals surface area contributed by atoms with E-state index in [1.54, 1.807) is 0 Å². The van der Waals surface area contributed by atoms with E-state index in [2.05, 4.69) is 13.8 Å². The van der Waals surface area contributed by atoms with Crippen molar-refractivity contribution >= 4 is 0 Å². The van der Waals surface area contributed by atoms with Gasteiger partial charge in [-0.05, 0) is 17.7 Å². The van der Waals surface area contributed by atoms with Crippen molar-refractivity contribution in [3.8, 4) is 0 Å². The second kappa shape index (κ2) is 15.7. The number of aliphatic hydroxyl groups is 2. The molecule has 2 N–H and O–H groups in total. The van der Waals surface area contributed by atoms with Crippen molar-refractivity contribution in [2.24, 2.45) is 0 Å². The quantitative estimate of drug-likeness (QED) is 0.239. The Labute approximate surface area is 134 Å². The van der Waals surface area contributed by atoms with Crippen LogP contribution >= 0.6 is 0 Å². The Morgan fingerprint density at radius 1 is 0.750 bits per heavy atom. The number of hydrogen-bond acceptors (Lipinski definition) is 4. The van der Waals surface area contributed by atoms with Gasteiger partial charge in [0.1, 0.15) is 26.3 Å². The first-order valence-electron chi connectivity index (χ1n) is 7.62. The lowest BCUT2D eigenvalue weighted by Gasteiger charge is -2.32. The molecule has 0 aromatic heterocycles. The Hall–Kier alpha value is 0.280. The summed E-state index contributed by atoms with van der Waals surface area (Å²) in [5.74, 6) is 0. The highest BCUT2D eigenvalue weighted by molar-refractivity contribution is 4.36. The van der Waals surface area contributed by atoms with Crippen LogP contribution in [0, 0.1) is 0 Å². The molecule has 6 heteroatoms. The normalized spacial score (nSPS) is 11.4. The predicted octanol–water partition coefficient (Wildman–Crippen LogP) is -0.965. The predicted molar refractivity (Wildman–Crippen MR) is 75.1 cm³/mol. The fraction of sp³-hybridized carbons (Fsp3) is 1.00. The molecule has 0 aliphatic rings. The second-order valence-corrected chi connectivity index (χ2v) is 4.79. The van der Waals surface area contributed by atoms with Gasteiger partial charge in [-0.15, -0.1) is 0 Å². The molecule has 0 aromatic carbocycles. The van der Waals surface area contributed by atoms with Crippen molar-refractivity contribution in [1.29, 1.82) is 0 Å². The maximum absolute atomic E-state index is 8.87. The molecule has 0 spiro atoms. The fourth-order valence-corrected chi connectivity index (χ4v) is 1.80. The lowest BCUT2D eigenvalue weighted by Crippen LogP contribution is -3.00. The van der Waals surface area contributed by atoms with Crippen LogP contribution in [0.15, 0.2) is 0 Å². The number of halogens is 1. The van der Waals surface area contributed by atoms with Gasteiger partial charge in [0.15, 0.2) is 0 Å². The molecule has 0 unspecified atom stereocenters. The molecule has 0 radical (unpaired) electrons. The fourth-order valence-electron chi connectivity index (χ4n) is 1.80. The van der Waals surface area contributed by atoms with E-state index in [1.165, 1.54) is 0 Å². The van der Waals surface area contributed by atoms with Crippen molar-refractivity contribution in [3.05, 3.63) is 0 Å². The molecule has 20 heavy (non-hydrogen) atoms. The van der Waals surface area contributed by atoms with Crippen LogP contribution in [0.3, 0.4) is 0 Å². The van der Waals surface area contributed by atoms with Gasteiger partial charge in [0, 0.05) is 26.1 Å². The minimum atomic E-state index is 0. The number of unbranched alkanes of at least 4 members (excludes halogenated alkanes) is 2. The van der Waals surface area contributed by atoms with Crippen LogP contribution in [0.1, 0.15) is 52.4 Å². The largest absolute Gasteiger partial charge is 1.00 e. The summed E-state index contributed by atoms with van der Waals surface area (Å²) in [6.07, 6.45) is 5.53. The summed E-state index contributed by atoms with van der Waals surface area (Å²) in [6.45, 7) is 7.23. The summed E-state index contributed by atoms with van der Waals surface area (Å²) in [7, 11) is 0. The second-order valence-electron chi connectivity index (χ2n) is 4.79. The molecular weight excluding hydrogens is 326 g/mol. The molecule has 5 nitrogen and oxygen atoms in total. The Bertz CT molecular complexity index is 176. The lowest BCUT2D eigenvalue weighted by atomic mass is 10.3. The van der Waals surface area contributed by atoms with Crippen LogP contribution in [0.2, 0.25) is 0 Å². The van der Waals surface area contributed by atoms with Crippen molar-refractivity contribution in [1.82, 2.24) is 0 Å². The van der Waals surface area contributed by atoms with E-state index in [-0.39, 0.29) is 35.0 Å². The van der Waals surface area contributed by atoms with E-state index in [9.17, 15) is 0 Å². The highest BCUT2D eigenvalue weighted by Gasteiger charge is 2.31. The monoisotopic (exact) mass is 357 g/mol. The van der Waals surface area contributed by atoms with E-state index in [0.29, 0.717) is 26.1 Å². The van der Waals surface area contributed by atoms with Gasteiger partial charge in [-0.3, -0.25) is 0 Å². The van der Waals surface area contributed by atoms with Gasteiger partial charge in [-0.2, -0.15) is 9.68 Å². The van der Waals surface area contributed by atoms with E-state index in [1.807, 2.05) is 0 Å². The third-order valence-electron chi connectivity index (χ3n) is 2.96. The Balaban J connectivity index is 0. The van der Waals surface area contributed by atoms with Crippen LogP contribution in [-0.2, 0) is 9.68 Å². The minimum Gasteiger partial charge on any atom is -1.00 e. The molecule has 0 amide bonds. The van der Waals surface area contributed by atoms with Gasteiger partial charge in [0.2, 0.25) is 0 Å². The third kappa shape index (κ3) is 11.0. The molecule has 0 atom stereocenters. The van der Waals surface area contributed by atoms with Crippen LogP contribution < -0.4 is 17.0 Å². The number of rotatable bonds is 14. The Morgan fingerprint density at radius 2 is 1.15 bits per heavy atom. The van der Waals surface area contributed by atoms with Crippen LogP contribution in [0.4, 0.5) is 0 Å². The first kappa shape index (κ1) is 22.6. The summed E-state index contributed by atoms with van der Waals surface area (Å²) in [5, 5.41) is 17.7. The lowest BCUT2D eigenvalue weighted by molar-refractivity contribution is -1.25. The van der Waals surface area contributed by atoms with Crippen molar-refractivity contribution in [2.75, 3.05) is 39.5 Å². The maximum atomic E-state index is 8.87. The molecule has 0 aliphatic heterocycles. The van der Waals surface area contributed by atoms with Gasteiger partial charge in [0.25, 0.3) is 0 Å². The zero-order valence-corrected chi connectivity index (χ0v) is 14.6. The number of hydrogen-bond donors (Lipinski definition) is 2. The van der Waals surface area contributed by atoms with Crippen molar-refractivity contribution in [2.45, 2.75) is 52.4 Å². The van der Waals surface area contributed by atoms with E-state index in [4.69, 9.17) is 19.9 Å². The average molecular weight is 358 g/mol. The molecule has 0 heterocycles. The summed E-state index contributed by atoms with van der Waals surface area (Å²) >= 11 is 0. The summed E-state index contributed by atoms with van der Waals surface area (Å²) in [5.41, 5.74) is 0.